The van der Waals surface area contributed by atoms with Crippen LogP contribution < -0.4 is 0 Å². The van der Waals surface area contributed by atoms with Crippen molar-refractivity contribution in [2.75, 3.05) is 0 Å². The number of hydrogen-bond donors (Lipinski definition) is 0. The lowest BCUT2D eigenvalue weighted by Crippen LogP contribution is -1.99. The normalized spacial score (nSPS) is 11.6. The molecular formula is C19H34. The molecule has 1 rings (SSSR count). The Labute approximate surface area is 121 Å². The highest BCUT2D eigenvalue weighted by molar-refractivity contribution is 5.23. The van der Waals surface area contributed by atoms with Gasteiger partial charge in [-0.1, -0.05) is 84.6 Å². The van der Waals surface area contributed by atoms with Crippen molar-refractivity contribution in [1.82, 2.24) is 0 Å². The van der Waals surface area contributed by atoms with Crippen LogP contribution >= 0.6 is 0 Å². The van der Waals surface area contributed by atoms with Gasteiger partial charge in [0.25, 0.3) is 0 Å². The molecule has 110 valence electrons. The van der Waals surface area contributed by atoms with E-state index in [4.69, 9.17) is 0 Å². The van der Waals surface area contributed by atoms with Gasteiger partial charge < -0.3 is 0 Å². The van der Waals surface area contributed by atoms with Crippen molar-refractivity contribution in [1.29, 1.82) is 0 Å². The van der Waals surface area contributed by atoms with Crippen molar-refractivity contribution in [3.63, 3.8) is 0 Å². The van der Waals surface area contributed by atoms with E-state index < -0.39 is 0 Å². The quantitative estimate of drug-likeness (QED) is 0.507. The molecular weight excluding hydrogens is 228 g/mol. The number of hydrogen-bond acceptors (Lipinski definition) is 0. The van der Waals surface area contributed by atoms with Crippen molar-refractivity contribution < 1.29 is 0 Å². The molecule has 1 aromatic carbocycles. The first-order valence-electron chi connectivity index (χ1n) is 8.37. The summed E-state index contributed by atoms with van der Waals surface area (Å²) in [6.07, 6.45) is 9.26. The molecule has 1 aromatic rings. The Kier molecular flexibility index (Phi) is 11.8. The van der Waals surface area contributed by atoms with Crippen LogP contribution in [0.2, 0.25) is 0 Å². The van der Waals surface area contributed by atoms with Crippen LogP contribution in [0.3, 0.4) is 0 Å². The van der Waals surface area contributed by atoms with Gasteiger partial charge in [0.05, 0.1) is 0 Å². The standard InChI is InChI=1S/C17H28.C2H6/c1-4-9-15(5-2)10-7-12-17-13-8-11-16(6-3)14-17;1-2/h8,11,13-15H,4-7,9-10,12H2,1-3H3;1-2H3. The topological polar surface area (TPSA) is 0 Å². The molecule has 0 aliphatic carbocycles. The number of benzene rings is 1. The summed E-state index contributed by atoms with van der Waals surface area (Å²) in [6, 6.07) is 9.09. The van der Waals surface area contributed by atoms with E-state index in [-0.39, 0.29) is 0 Å². The molecule has 0 nitrogen and oxygen atoms in total. The largest absolute Gasteiger partial charge is 0.0683 e. The second-order valence-corrected chi connectivity index (χ2v) is 5.13. The summed E-state index contributed by atoms with van der Waals surface area (Å²) in [4.78, 5) is 0. The summed E-state index contributed by atoms with van der Waals surface area (Å²) in [5.41, 5.74) is 3.00. The lowest BCUT2D eigenvalue weighted by atomic mass is 9.93. The van der Waals surface area contributed by atoms with Gasteiger partial charge >= 0.3 is 0 Å². The molecule has 0 spiro atoms. The second kappa shape index (κ2) is 12.3. The van der Waals surface area contributed by atoms with E-state index in [1.807, 2.05) is 13.8 Å². The smallest absolute Gasteiger partial charge is 0.0279 e. The molecule has 1 unspecified atom stereocenters. The molecule has 0 N–H and O–H groups in total. The second-order valence-electron chi connectivity index (χ2n) is 5.13. The van der Waals surface area contributed by atoms with Gasteiger partial charge in [-0.15, -0.1) is 0 Å². The van der Waals surface area contributed by atoms with E-state index in [1.54, 1.807) is 0 Å². The zero-order valence-electron chi connectivity index (χ0n) is 13.8. The van der Waals surface area contributed by atoms with Gasteiger partial charge in [-0.2, -0.15) is 0 Å². The Hall–Kier alpha value is -0.780. The van der Waals surface area contributed by atoms with Gasteiger partial charge in [0.1, 0.15) is 0 Å². The summed E-state index contributed by atoms with van der Waals surface area (Å²) < 4.78 is 0. The Balaban J connectivity index is 0.00000154. The van der Waals surface area contributed by atoms with E-state index in [2.05, 4.69) is 45.0 Å². The van der Waals surface area contributed by atoms with E-state index in [1.165, 1.54) is 49.7 Å². The maximum Gasteiger partial charge on any atom is -0.0279 e. The van der Waals surface area contributed by atoms with Crippen LogP contribution in [0.15, 0.2) is 24.3 Å². The fourth-order valence-corrected chi connectivity index (χ4v) is 2.56. The third-order valence-electron chi connectivity index (χ3n) is 3.75. The molecule has 0 heteroatoms. The van der Waals surface area contributed by atoms with Crippen LogP contribution in [-0.4, -0.2) is 0 Å². The first-order valence-corrected chi connectivity index (χ1v) is 8.37. The third-order valence-corrected chi connectivity index (χ3v) is 3.75. The summed E-state index contributed by atoms with van der Waals surface area (Å²) >= 11 is 0. The predicted molar refractivity (Wildman–Crippen MR) is 88.8 cm³/mol. The summed E-state index contributed by atoms with van der Waals surface area (Å²) in [6.45, 7) is 10.9. The first-order chi connectivity index (χ1) is 9.30. The molecule has 19 heavy (non-hydrogen) atoms. The Bertz CT molecular complexity index is 301. The Morgan fingerprint density at radius 1 is 0.947 bits per heavy atom. The average molecular weight is 262 g/mol. The highest BCUT2D eigenvalue weighted by atomic mass is 14.1. The molecule has 0 fully saturated rings. The molecule has 0 saturated carbocycles. The summed E-state index contributed by atoms with van der Waals surface area (Å²) in [5, 5.41) is 0. The van der Waals surface area contributed by atoms with Crippen molar-refractivity contribution in [2.45, 2.75) is 79.6 Å². The van der Waals surface area contributed by atoms with Gasteiger partial charge in [-0.25, -0.2) is 0 Å². The van der Waals surface area contributed by atoms with Crippen LogP contribution in [0, 0.1) is 5.92 Å². The first kappa shape index (κ1) is 18.2. The fourth-order valence-electron chi connectivity index (χ4n) is 2.56. The summed E-state index contributed by atoms with van der Waals surface area (Å²) in [7, 11) is 0. The summed E-state index contributed by atoms with van der Waals surface area (Å²) in [5.74, 6) is 0.953. The highest BCUT2D eigenvalue weighted by Gasteiger charge is 2.04. The van der Waals surface area contributed by atoms with Crippen molar-refractivity contribution >= 4 is 0 Å². The Morgan fingerprint density at radius 2 is 1.63 bits per heavy atom. The van der Waals surface area contributed by atoms with E-state index in [0.717, 1.165) is 12.3 Å². The van der Waals surface area contributed by atoms with E-state index in [0.29, 0.717) is 0 Å². The van der Waals surface area contributed by atoms with Crippen molar-refractivity contribution in [3.8, 4) is 0 Å². The minimum atomic E-state index is 0.953. The Morgan fingerprint density at radius 3 is 2.21 bits per heavy atom. The molecule has 0 radical (unpaired) electrons. The highest BCUT2D eigenvalue weighted by Crippen LogP contribution is 2.19. The van der Waals surface area contributed by atoms with Crippen molar-refractivity contribution in [2.24, 2.45) is 5.92 Å². The van der Waals surface area contributed by atoms with Crippen LogP contribution in [0.5, 0.6) is 0 Å². The zero-order valence-corrected chi connectivity index (χ0v) is 13.8. The maximum absolute atomic E-state index is 2.38. The average Bonchev–Trinajstić information content (AvgIpc) is 2.48. The monoisotopic (exact) mass is 262 g/mol. The zero-order chi connectivity index (χ0) is 14.5. The van der Waals surface area contributed by atoms with E-state index in [9.17, 15) is 0 Å². The molecule has 0 saturated heterocycles. The van der Waals surface area contributed by atoms with Crippen molar-refractivity contribution in [3.05, 3.63) is 35.4 Å². The molecule has 0 aliphatic heterocycles. The van der Waals surface area contributed by atoms with Crippen LogP contribution in [-0.2, 0) is 12.8 Å². The SMILES string of the molecule is CC.CCCC(CC)CCCc1cccc(CC)c1. The minimum Gasteiger partial charge on any atom is -0.0683 e. The van der Waals surface area contributed by atoms with Gasteiger partial charge in [0, 0.05) is 0 Å². The third kappa shape index (κ3) is 8.08. The maximum atomic E-state index is 2.38. The lowest BCUT2D eigenvalue weighted by molar-refractivity contribution is 0.419. The number of rotatable bonds is 8. The van der Waals surface area contributed by atoms with Gasteiger partial charge in [-0.05, 0) is 36.3 Å². The van der Waals surface area contributed by atoms with Crippen LogP contribution in [0.1, 0.15) is 77.8 Å². The number of aryl methyl sites for hydroxylation is 2. The molecule has 0 aromatic heterocycles. The van der Waals surface area contributed by atoms with Crippen LogP contribution in [0.4, 0.5) is 0 Å². The molecule has 1 atom stereocenters. The van der Waals surface area contributed by atoms with Gasteiger partial charge in [-0.3, -0.25) is 0 Å². The van der Waals surface area contributed by atoms with E-state index >= 15 is 0 Å². The molecule has 0 aliphatic rings. The lowest BCUT2D eigenvalue weighted by Gasteiger charge is -2.13. The van der Waals surface area contributed by atoms with Crippen LogP contribution in [0.25, 0.3) is 0 Å². The molecule has 0 heterocycles. The minimum absolute atomic E-state index is 0.953. The van der Waals surface area contributed by atoms with Gasteiger partial charge in [0.2, 0.25) is 0 Å². The molecule has 0 bridgehead atoms. The predicted octanol–water partition coefficient (Wildman–Crippen LogP) is 6.42. The fraction of sp³-hybridized carbons (Fsp3) is 0.684. The molecule has 0 amide bonds. The van der Waals surface area contributed by atoms with Gasteiger partial charge in [0.15, 0.2) is 0 Å².